The molecule has 142 valence electrons. The van der Waals surface area contributed by atoms with Crippen molar-refractivity contribution in [2.75, 3.05) is 31.1 Å². The number of rotatable bonds is 7. The molecule has 7 heteroatoms. The van der Waals surface area contributed by atoms with E-state index in [4.69, 9.17) is 10.00 Å². The summed E-state index contributed by atoms with van der Waals surface area (Å²) >= 11 is 0. The molecule has 1 aliphatic heterocycles. The van der Waals surface area contributed by atoms with Crippen LogP contribution in [0.4, 0.5) is 5.82 Å². The molecule has 1 saturated heterocycles. The van der Waals surface area contributed by atoms with E-state index in [1.807, 2.05) is 6.07 Å². The maximum Gasteiger partial charge on any atom is 0.128 e. The van der Waals surface area contributed by atoms with Crippen LogP contribution in [0, 0.1) is 11.3 Å². The van der Waals surface area contributed by atoms with Gasteiger partial charge < -0.3 is 25.2 Å². The lowest BCUT2D eigenvalue weighted by atomic mass is 10.0. The minimum absolute atomic E-state index is 0.141. The number of aromatic hydroxyl groups is 1. The Kier molecular flexibility index (Phi) is 6.47. The van der Waals surface area contributed by atoms with Gasteiger partial charge in [0.05, 0.1) is 5.56 Å². The maximum atomic E-state index is 10.5. The number of ether oxygens (including phenoxy) is 1. The van der Waals surface area contributed by atoms with Crippen molar-refractivity contribution in [3.05, 3.63) is 48.2 Å². The highest BCUT2D eigenvalue weighted by molar-refractivity contribution is 5.43. The fourth-order valence-corrected chi connectivity index (χ4v) is 3.18. The van der Waals surface area contributed by atoms with Crippen LogP contribution in [0.1, 0.15) is 18.4 Å². The van der Waals surface area contributed by atoms with Crippen molar-refractivity contribution in [3.63, 3.8) is 0 Å². The van der Waals surface area contributed by atoms with Crippen LogP contribution in [0.25, 0.3) is 0 Å². The first-order valence-electron chi connectivity index (χ1n) is 9.09. The van der Waals surface area contributed by atoms with E-state index in [1.165, 1.54) is 0 Å². The number of benzene rings is 1. The average molecular weight is 368 g/mol. The molecule has 27 heavy (non-hydrogen) atoms. The molecule has 0 radical (unpaired) electrons. The fourth-order valence-electron chi connectivity index (χ4n) is 3.18. The molecule has 1 aromatic carbocycles. The molecule has 1 atom stereocenters. The highest BCUT2D eigenvalue weighted by Crippen LogP contribution is 2.21. The lowest BCUT2D eigenvalue weighted by Crippen LogP contribution is -2.47. The average Bonchev–Trinajstić information content (AvgIpc) is 2.72. The number of pyridine rings is 1. The van der Waals surface area contributed by atoms with E-state index in [0.717, 1.165) is 31.7 Å². The molecule has 0 bridgehead atoms. The summed E-state index contributed by atoms with van der Waals surface area (Å²) in [6.07, 6.45) is 2.79. The van der Waals surface area contributed by atoms with E-state index in [1.54, 1.807) is 36.5 Å². The van der Waals surface area contributed by atoms with Gasteiger partial charge in [-0.1, -0.05) is 0 Å². The highest BCUT2D eigenvalue weighted by atomic mass is 16.5. The van der Waals surface area contributed by atoms with E-state index in [-0.39, 0.29) is 18.4 Å². The second-order valence-corrected chi connectivity index (χ2v) is 6.61. The summed E-state index contributed by atoms with van der Waals surface area (Å²) < 4.78 is 5.62. The number of nitriles is 1. The number of aliphatic hydroxyl groups is 1. The molecule has 0 saturated carbocycles. The van der Waals surface area contributed by atoms with Crippen LogP contribution >= 0.6 is 0 Å². The van der Waals surface area contributed by atoms with Crippen LogP contribution in [0.2, 0.25) is 0 Å². The molecule has 1 fully saturated rings. The topological polar surface area (TPSA) is 102 Å². The van der Waals surface area contributed by atoms with E-state index in [2.05, 4.69) is 21.3 Å². The smallest absolute Gasteiger partial charge is 0.128 e. The predicted octanol–water partition coefficient (Wildman–Crippen LogP) is 1.66. The van der Waals surface area contributed by atoms with Crippen LogP contribution in [0.15, 0.2) is 42.6 Å². The molecular formula is C20H24N4O3. The fraction of sp³-hybridized carbons (Fsp3) is 0.400. The Labute approximate surface area is 158 Å². The normalized spacial score (nSPS) is 15.7. The third kappa shape index (κ3) is 5.33. The van der Waals surface area contributed by atoms with Gasteiger partial charge >= 0.3 is 0 Å². The first-order chi connectivity index (χ1) is 13.2. The Hall–Kier alpha value is -2.82. The maximum absolute atomic E-state index is 10.5. The zero-order chi connectivity index (χ0) is 19.1. The first kappa shape index (κ1) is 19.0. The Bertz CT molecular complexity index is 752. The largest absolute Gasteiger partial charge is 0.508 e. The van der Waals surface area contributed by atoms with Crippen LogP contribution < -0.4 is 15.0 Å². The Balaban J connectivity index is 1.66. The lowest BCUT2D eigenvalue weighted by Gasteiger charge is -2.36. The summed E-state index contributed by atoms with van der Waals surface area (Å²) in [5.41, 5.74) is 0.514. The van der Waals surface area contributed by atoms with Gasteiger partial charge in [0.15, 0.2) is 0 Å². The zero-order valence-corrected chi connectivity index (χ0v) is 15.1. The van der Waals surface area contributed by atoms with Crippen molar-refractivity contribution in [2.45, 2.75) is 25.0 Å². The van der Waals surface area contributed by atoms with Crippen molar-refractivity contribution in [2.24, 2.45) is 0 Å². The molecule has 0 aliphatic carbocycles. The molecule has 1 aromatic heterocycles. The summed E-state index contributed by atoms with van der Waals surface area (Å²) in [6, 6.07) is 12.3. The first-order valence-corrected chi connectivity index (χ1v) is 9.09. The van der Waals surface area contributed by atoms with Gasteiger partial charge in [-0.2, -0.15) is 5.26 Å². The van der Waals surface area contributed by atoms with Gasteiger partial charge in [0.25, 0.3) is 0 Å². The van der Waals surface area contributed by atoms with Crippen molar-refractivity contribution < 1.29 is 14.9 Å². The van der Waals surface area contributed by atoms with Crippen LogP contribution in [0.5, 0.6) is 11.5 Å². The van der Waals surface area contributed by atoms with Crippen LogP contribution in [-0.4, -0.2) is 53.6 Å². The SMILES string of the molecule is N#Cc1ccc(N(CC(O)COc2ccc(O)cc2)C2CCNCC2)nc1. The van der Waals surface area contributed by atoms with Crippen molar-refractivity contribution >= 4 is 5.82 Å². The second kappa shape index (κ2) is 9.21. The summed E-state index contributed by atoms with van der Waals surface area (Å²) in [6.45, 7) is 2.39. The number of nitrogens with one attached hydrogen (secondary N) is 1. The third-order valence-corrected chi connectivity index (χ3v) is 4.61. The second-order valence-electron chi connectivity index (χ2n) is 6.61. The van der Waals surface area contributed by atoms with E-state index < -0.39 is 6.10 Å². The standard InChI is InChI=1S/C20H24N4O3/c21-11-15-1-6-20(23-12-15)24(16-7-9-22-10-8-16)13-18(26)14-27-19-4-2-17(25)3-5-19/h1-6,12,16,18,22,25-26H,7-10,13-14H2. The highest BCUT2D eigenvalue weighted by Gasteiger charge is 2.24. The predicted molar refractivity (Wildman–Crippen MR) is 102 cm³/mol. The molecule has 3 rings (SSSR count). The van der Waals surface area contributed by atoms with Gasteiger partial charge in [-0.15, -0.1) is 0 Å². The number of hydrogen-bond donors (Lipinski definition) is 3. The molecule has 1 aliphatic rings. The Morgan fingerprint density at radius 3 is 2.59 bits per heavy atom. The third-order valence-electron chi connectivity index (χ3n) is 4.61. The lowest BCUT2D eigenvalue weighted by molar-refractivity contribution is 0.109. The van der Waals surface area contributed by atoms with Gasteiger partial charge in [-0.05, 0) is 62.3 Å². The molecule has 0 amide bonds. The van der Waals surface area contributed by atoms with E-state index >= 15 is 0 Å². The quantitative estimate of drug-likeness (QED) is 0.683. The number of anilines is 1. The minimum atomic E-state index is -0.703. The molecular weight excluding hydrogens is 344 g/mol. The van der Waals surface area contributed by atoms with E-state index in [0.29, 0.717) is 17.9 Å². The summed E-state index contributed by atoms with van der Waals surface area (Å²) in [4.78, 5) is 6.51. The van der Waals surface area contributed by atoms with Gasteiger partial charge in [0.2, 0.25) is 0 Å². The molecule has 1 unspecified atom stereocenters. The number of hydrogen-bond acceptors (Lipinski definition) is 7. The van der Waals surface area contributed by atoms with Crippen molar-refractivity contribution in [1.82, 2.24) is 10.3 Å². The van der Waals surface area contributed by atoms with Crippen LogP contribution in [-0.2, 0) is 0 Å². The monoisotopic (exact) mass is 368 g/mol. The number of nitrogens with zero attached hydrogens (tertiary/aromatic N) is 3. The molecule has 3 N–H and O–H groups in total. The zero-order valence-electron chi connectivity index (χ0n) is 15.1. The van der Waals surface area contributed by atoms with Crippen LogP contribution in [0.3, 0.4) is 0 Å². The molecule has 7 nitrogen and oxygen atoms in total. The number of phenols is 1. The molecule has 2 aromatic rings. The number of piperidine rings is 1. The Morgan fingerprint density at radius 1 is 1.22 bits per heavy atom. The number of aliphatic hydroxyl groups excluding tert-OH is 1. The summed E-state index contributed by atoms with van der Waals surface area (Å²) in [5, 5.41) is 32.2. The summed E-state index contributed by atoms with van der Waals surface area (Å²) in [7, 11) is 0. The van der Waals surface area contributed by atoms with Crippen molar-refractivity contribution in [1.29, 1.82) is 5.26 Å². The summed E-state index contributed by atoms with van der Waals surface area (Å²) in [5.74, 6) is 1.52. The van der Waals surface area contributed by atoms with Crippen molar-refractivity contribution in [3.8, 4) is 17.6 Å². The Morgan fingerprint density at radius 2 is 1.96 bits per heavy atom. The number of aromatic nitrogens is 1. The van der Waals surface area contributed by atoms with E-state index in [9.17, 15) is 10.2 Å². The van der Waals surface area contributed by atoms with Gasteiger partial charge in [0.1, 0.15) is 36.1 Å². The molecule has 0 spiro atoms. The number of phenolic OH excluding ortho intramolecular Hbond substituents is 1. The van der Waals surface area contributed by atoms with Gasteiger partial charge in [-0.25, -0.2) is 4.98 Å². The van der Waals surface area contributed by atoms with Gasteiger partial charge in [-0.3, -0.25) is 0 Å². The molecule has 2 heterocycles. The minimum Gasteiger partial charge on any atom is -0.508 e. The van der Waals surface area contributed by atoms with Gasteiger partial charge in [0, 0.05) is 18.8 Å².